The van der Waals surface area contributed by atoms with E-state index in [1.54, 1.807) is 12.1 Å². The molecule has 78 valence electrons. The summed E-state index contributed by atoms with van der Waals surface area (Å²) < 4.78 is 29.6. The van der Waals surface area contributed by atoms with Crippen molar-refractivity contribution in [3.63, 3.8) is 0 Å². The van der Waals surface area contributed by atoms with Crippen LogP contribution in [0.2, 0.25) is 0 Å². The average molecular weight is 214 g/mol. The molecular weight excluding hydrogens is 200 g/mol. The molecule has 14 heavy (non-hydrogen) atoms. The Labute approximate surface area is 84.5 Å². The number of hydrogen-bond donors (Lipinski definition) is 1. The second kappa shape index (κ2) is 4.57. The molecule has 1 N–H and O–H groups in total. The van der Waals surface area contributed by atoms with Crippen LogP contribution >= 0.6 is 0 Å². The van der Waals surface area contributed by atoms with E-state index >= 15 is 0 Å². The minimum atomic E-state index is -4.02. The Balaban J connectivity index is 0.000000276. The summed E-state index contributed by atoms with van der Waals surface area (Å²) in [6, 6.07) is 5.99. The van der Waals surface area contributed by atoms with Crippen LogP contribution in [0.1, 0.15) is 24.8 Å². The predicted octanol–water partition coefficient (Wildman–Crippen LogP) is 2.41. The summed E-state index contributed by atoms with van der Waals surface area (Å²) >= 11 is 0. The zero-order valence-electron chi connectivity index (χ0n) is 8.10. The molecule has 0 atom stereocenters. The molecular formula is C10H14O3S. The lowest BCUT2D eigenvalue weighted by molar-refractivity contribution is 0.483. The molecule has 0 spiro atoms. The van der Waals surface area contributed by atoms with E-state index in [0.717, 1.165) is 5.56 Å². The molecule has 0 bridgehead atoms. The van der Waals surface area contributed by atoms with E-state index in [0.29, 0.717) is 0 Å². The second-order valence-electron chi connectivity index (χ2n) is 3.35. The first kappa shape index (κ1) is 11.2. The maximum absolute atomic E-state index is 10.5. The molecule has 0 saturated heterocycles. The van der Waals surface area contributed by atoms with Crippen LogP contribution in [0.5, 0.6) is 0 Å². The lowest BCUT2D eigenvalue weighted by atomic mass is 10.2. The Bertz CT molecular complexity index is 374. The maximum atomic E-state index is 10.5. The van der Waals surface area contributed by atoms with Gasteiger partial charge in [0.05, 0.1) is 4.90 Å². The van der Waals surface area contributed by atoms with E-state index in [-0.39, 0.29) is 4.90 Å². The van der Waals surface area contributed by atoms with Crippen molar-refractivity contribution in [2.24, 2.45) is 0 Å². The molecule has 1 aliphatic rings. The summed E-state index contributed by atoms with van der Waals surface area (Å²) in [5.41, 5.74) is 0.956. The molecule has 3 nitrogen and oxygen atoms in total. The van der Waals surface area contributed by atoms with E-state index < -0.39 is 10.1 Å². The normalized spacial score (nSPS) is 14.1. The second-order valence-corrected chi connectivity index (χ2v) is 4.77. The van der Waals surface area contributed by atoms with Gasteiger partial charge in [-0.25, -0.2) is 0 Å². The van der Waals surface area contributed by atoms with Crippen molar-refractivity contribution in [3.8, 4) is 0 Å². The first-order chi connectivity index (χ1) is 6.50. The molecule has 0 radical (unpaired) electrons. The number of hydrogen-bond acceptors (Lipinski definition) is 2. The molecule has 1 aliphatic carbocycles. The van der Waals surface area contributed by atoms with Crippen LogP contribution < -0.4 is 0 Å². The predicted molar refractivity (Wildman–Crippen MR) is 54.8 cm³/mol. The maximum Gasteiger partial charge on any atom is 0.294 e. The fourth-order valence-electron chi connectivity index (χ4n) is 0.710. The van der Waals surface area contributed by atoms with E-state index in [2.05, 4.69) is 0 Å². The topological polar surface area (TPSA) is 54.4 Å². The van der Waals surface area contributed by atoms with Gasteiger partial charge in [-0.15, -0.1) is 0 Å². The number of benzene rings is 1. The van der Waals surface area contributed by atoms with Gasteiger partial charge < -0.3 is 0 Å². The van der Waals surface area contributed by atoms with E-state index in [4.69, 9.17) is 4.55 Å². The summed E-state index contributed by atoms with van der Waals surface area (Å²) in [5, 5.41) is 0. The molecule has 1 fully saturated rings. The fraction of sp³-hybridized carbons (Fsp3) is 0.400. The van der Waals surface area contributed by atoms with Crippen LogP contribution in [0.15, 0.2) is 29.2 Å². The Morgan fingerprint density at radius 2 is 1.50 bits per heavy atom. The van der Waals surface area contributed by atoms with E-state index in [1.165, 1.54) is 31.4 Å². The molecule has 0 aliphatic heterocycles. The van der Waals surface area contributed by atoms with Gasteiger partial charge >= 0.3 is 0 Å². The average Bonchev–Trinajstić information content (AvgIpc) is 2.88. The Morgan fingerprint density at radius 1 is 1.07 bits per heavy atom. The summed E-state index contributed by atoms with van der Waals surface area (Å²) in [6.45, 7) is 1.84. The van der Waals surface area contributed by atoms with Crippen LogP contribution in [0, 0.1) is 6.92 Å². The lowest BCUT2D eigenvalue weighted by Gasteiger charge is -1.95. The minimum Gasteiger partial charge on any atom is -0.282 e. The van der Waals surface area contributed by atoms with Crippen molar-refractivity contribution in [3.05, 3.63) is 29.8 Å². The van der Waals surface area contributed by atoms with Crippen LogP contribution in [-0.2, 0) is 10.1 Å². The zero-order valence-corrected chi connectivity index (χ0v) is 8.92. The third-order valence-electron chi connectivity index (χ3n) is 1.67. The molecule has 0 unspecified atom stereocenters. The van der Waals surface area contributed by atoms with Gasteiger partial charge in [-0.1, -0.05) is 37.0 Å². The summed E-state index contributed by atoms with van der Waals surface area (Å²) in [6.07, 6.45) is 4.50. The van der Waals surface area contributed by atoms with Crippen LogP contribution in [0.3, 0.4) is 0 Å². The Morgan fingerprint density at radius 3 is 1.79 bits per heavy atom. The molecule has 1 aromatic carbocycles. The molecule has 1 aromatic rings. The van der Waals surface area contributed by atoms with Crippen molar-refractivity contribution >= 4 is 10.1 Å². The monoisotopic (exact) mass is 214 g/mol. The third kappa shape index (κ3) is 4.39. The van der Waals surface area contributed by atoms with Gasteiger partial charge in [0.25, 0.3) is 10.1 Å². The van der Waals surface area contributed by atoms with Crippen molar-refractivity contribution in [1.82, 2.24) is 0 Å². The van der Waals surface area contributed by atoms with Crippen LogP contribution in [0.25, 0.3) is 0 Å². The van der Waals surface area contributed by atoms with E-state index in [9.17, 15) is 8.42 Å². The highest BCUT2D eigenvalue weighted by Gasteiger charge is 2.06. The van der Waals surface area contributed by atoms with Crippen molar-refractivity contribution in [1.29, 1.82) is 0 Å². The highest BCUT2D eigenvalue weighted by atomic mass is 32.2. The molecule has 2 rings (SSSR count). The fourth-order valence-corrected chi connectivity index (χ4v) is 1.19. The molecule has 0 aromatic heterocycles. The summed E-state index contributed by atoms with van der Waals surface area (Å²) in [4.78, 5) is -0.0666. The van der Waals surface area contributed by atoms with Crippen LogP contribution in [0.4, 0.5) is 0 Å². The van der Waals surface area contributed by atoms with E-state index in [1.807, 2.05) is 6.92 Å². The van der Waals surface area contributed by atoms with Crippen molar-refractivity contribution in [2.45, 2.75) is 31.1 Å². The van der Waals surface area contributed by atoms with Gasteiger partial charge in [0, 0.05) is 0 Å². The van der Waals surface area contributed by atoms with Crippen molar-refractivity contribution in [2.75, 3.05) is 0 Å². The zero-order chi connectivity index (χ0) is 10.6. The van der Waals surface area contributed by atoms with Gasteiger partial charge in [0.1, 0.15) is 0 Å². The highest BCUT2D eigenvalue weighted by molar-refractivity contribution is 7.85. The molecule has 1 saturated carbocycles. The van der Waals surface area contributed by atoms with Gasteiger partial charge in [0.15, 0.2) is 0 Å². The molecule has 0 amide bonds. The summed E-state index contributed by atoms with van der Waals surface area (Å²) in [7, 11) is -4.02. The first-order valence-electron chi connectivity index (χ1n) is 4.54. The van der Waals surface area contributed by atoms with Crippen molar-refractivity contribution < 1.29 is 13.0 Å². The van der Waals surface area contributed by atoms with Gasteiger partial charge in [0.2, 0.25) is 0 Å². The smallest absolute Gasteiger partial charge is 0.282 e. The van der Waals surface area contributed by atoms with Gasteiger partial charge in [-0.05, 0) is 19.1 Å². The minimum absolute atomic E-state index is 0.0666. The summed E-state index contributed by atoms with van der Waals surface area (Å²) in [5.74, 6) is 0. The third-order valence-corrected chi connectivity index (χ3v) is 2.54. The van der Waals surface area contributed by atoms with Gasteiger partial charge in [-0.2, -0.15) is 8.42 Å². The number of rotatable bonds is 1. The number of aryl methyl sites for hydroxylation is 1. The van der Waals surface area contributed by atoms with Crippen LogP contribution in [-0.4, -0.2) is 13.0 Å². The standard InChI is InChI=1S/C7H8O3S.C3H6/c1-6-2-4-7(5-3-6)11(8,9)10;1-2-3-1/h2-5H,1H3,(H,8,9,10);1-3H2. The largest absolute Gasteiger partial charge is 0.294 e. The quantitative estimate of drug-likeness (QED) is 0.730. The Hall–Kier alpha value is -0.870. The van der Waals surface area contributed by atoms with Gasteiger partial charge in [-0.3, -0.25) is 4.55 Å². The highest BCUT2D eigenvalue weighted by Crippen LogP contribution is 2.14. The molecule has 0 heterocycles. The Kier molecular flexibility index (Phi) is 3.66. The first-order valence-corrected chi connectivity index (χ1v) is 5.98. The SMILES string of the molecule is C1CC1.Cc1ccc(S(=O)(=O)O)cc1. The lowest BCUT2D eigenvalue weighted by Crippen LogP contribution is -1.96. The molecule has 4 heteroatoms.